The number of piperidine rings is 1. The molecule has 3 aliphatic rings. The van der Waals surface area contributed by atoms with Crippen molar-refractivity contribution < 1.29 is 9.47 Å². The summed E-state index contributed by atoms with van der Waals surface area (Å²) in [6.45, 7) is 3.96. The van der Waals surface area contributed by atoms with Crippen LogP contribution in [0.3, 0.4) is 0 Å². The zero-order chi connectivity index (χ0) is 10.1. The van der Waals surface area contributed by atoms with E-state index in [2.05, 4.69) is 5.32 Å². The minimum Gasteiger partial charge on any atom is -0.375 e. The molecule has 2 atom stereocenters. The van der Waals surface area contributed by atoms with Gasteiger partial charge in [0.2, 0.25) is 0 Å². The lowest BCUT2D eigenvalue weighted by Crippen LogP contribution is -2.45. The topological polar surface area (TPSA) is 30.5 Å². The number of ether oxygens (including phenoxy) is 2. The molecule has 3 fully saturated rings. The van der Waals surface area contributed by atoms with Crippen molar-refractivity contribution in [2.45, 2.75) is 43.8 Å². The second-order valence-corrected chi connectivity index (χ2v) is 5.38. The second-order valence-electron chi connectivity index (χ2n) is 5.38. The van der Waals surface area contributed by atoms with E-state index in [4.69, 9.17) is 9.47 Å². The predicted molar refractivity (Wildman–Crippen MR) is 57.9 cm³/mol. The average molecular weight is 211 g/mol. The highest BCUT2D eigenvalue weighted by Crippen LogP contribution is 2.35. The van der Waals surface area contributed by atoms with Crippen LogP contribution in [-0.2, 0) is 9.47 Å². The SMILES string of the molecule is C1CNCC2(C1)CC(OCC1CC1)CO2. The van der Waals surface area contributed by atoms with Gasteiger partial charge >= 0.3 is 0 Å². The van der Waals surface area contributed by atoms with Crippen molar-refractivity contribution in [3.8, 4) is 0 Å². The third-order valence-corrected chi connectivity index (χ3v) is 3.87. The monoisotopic (exact) mass is 211 g/mol. The molecule has 1 saturated carbocycles. The first-order valence-corrected chi connectivity index (χ1v) is 6.33. The normalized spacial score (nSPS) is 41.2. The van der Waals surface area contributed by atoms with Crippen molar-refractivity contribution in [2.75, 3.05) is 26.3 Å². The van der Waals surface area contributed by atoms with Crippen molar-refractivity contribution in [1.29, 1.82) is 0 Å². The fourth-order valence-electron chi connectivity index (χ4n) is 2.70. The fourth-order valence-corrected chi connectivity index (χ4v) is 2.70. The van der Waals surface area contributed by atoms with Crippen LogP contribution in [0.1, 0.15) is 32.1 Å². The summed E-state index contributed by atoms with van der Waals surface area (Å²) >= 11 is 0. The van der Waals surface area contributed by atoms with E-state index < -0.39 is 0 Å². The highest BCUT2D eigenvalue weighted by molar-refractivity contribution is 4.94. The molecule has 1 aliphatic carbocycles. The standard InChI is InChI=1S/C12H21NO2/c1-4-12(9-13-5-1)6-11(8-15-12)14-7-10-2-3-10/h10-11,13H,1-9H2. The molecule has 0 radical (unpaired) electrons. The van der Waals surface area contributed by atoms with Crippen LogP contribution in [0.15, 0.2) is 0 Å². The zero-order valence-electron chi connectivity index (χ0n) is 9.34. The van der Waals surface area contributed by atoms with Crippen LogP contribution in [-0.4, -0.2) is 38.0 Å². The van der Waals surface area contributed by atoms with Gasteiger partial charge < -0.3 is 14.8 Å². The van der Waals surface area contributed by atoms with Gasteiger partial charge in [-0.25, -0.2) is 0 Å². The highest BCUT2D eigenvalue weighted by Gasteiger charge is 2.42. The molecule has 2 saturated heterocycles. The summed E-state index contributed by atoms with van der Waals surface area (Å²) < 4.78 is 11.9. The smallest absolute Gasteiger partial charge is 0.0836 e. The molecular formula is C12H21NO2. The predicted octanol–water partition coefficient (Wildman–Crippen LogP) is 1.32. The molecule has 2 aliphatic heterocycles. The van der Waals surface area contributed by atoms with E-state index in [1.54, 1.807) is 0 Å². The minimum atomic E-state index is 0.118. The molecule has 0 aromatic rings. The van der Waals surface area contributed by atoms with Crippen molar-refractivity contribution in [3.05, 3.63) is 0 Å². The van der Waals surface area contributed by atoms with E-state index in [0.717, 1.165) is 38.6 Å². The second kappa shape index (κ2) is 4.04. The summed E-state index contributed by atoms with van der Waals surface area (Å²) in [5.41, 5.74) is 0.118. The third kappa shape index (κ3) is 2.35. The van der Waals surface area contributed by atoms with Crippen molar-refractivity contribution in [2.24, 2.45) is 5.92 Å². The molecule has 0 bridgehead atoms. The number of nitrogens with one attached hydrogen (secondary N) is 1. The maximum Gasteiger partial charge on any atom is 0.0836 e. The van der Waals surface area contributed by atoms with E-state index in [0.29, 0.717) is 6.10 Å². The lowest BCUT2D eigenvalue weighted by Gasteiger charge is -2.32. The molecule has 86 valence electrons. The van der Waals surface area contributed by atoms with E-state index in [-0.39, 0.29) is 5.60 Å². The van der Waals surface area contributed by atoms with E-state index >= 15 is 0 Å². The van der Waals surface area contributed by atoms with Gasteiger partial charge in [0.1, 0.15) is 0 Å². The maximum atomic E-state index is 5.96. The molecule has 1 spiro atoms. The summed E-state index contributed by atoms with van der Waals surface area (Å²) in [7, 11) is 0. The van der Waals surface area contributed by atoms with Crippen molar-refractivity contribution >= 4 is 0 Å². The first-order chi connectivity index (χ1) is 7.36. The van der Waals surface area contributed by atoms with E-state index in [1.807, 2.05) is 0 Å². The molecule has 0 amide bonds. The summed E-state index contributed by atoms with van der Waals surface area (Å²) in [5.74, 6) is 0.867. The number of hydrogen-bond acceptors (Lipinski definition) is 3. The number of hydrogen-bond donors (Lipinski definition) is 1. The van der Waals surface area contributed by atoms with Crippen LogP contribution in [0, 0.1) is 5.92 Å². The molecule has 3 nitrogen and oxygen atoms in total. The van der Waals surface area contributed by atoms with Crippen LogP contribution in [0.2, 0.25) is 0 Å². The average Bonchev–Trinajstić information content (AvgIpc) is 3.02. The molecular weight excluding hydrogens is 190 g/mol. The Bertz CT molecular complexity index is 222. The van der Waals surface area contributed by atoms with Crippen LogP contribution >= 0.6 is 0 Å². The van der Waals surface area contributed by atoms with Crippen molar-refractivity contribution in [3.63, 3.8) is 0 Å². The Balaban J connectivity index is 1.47. The maximum absolute atomic E-state index is 5.96. The Morgan fingerprint density at radius 2 is 2.33 bits per heavy atom. The van der Waals surface area contributed by atoms with Gasteiger partial charge in [-0.05, 0) is 38.1 Å². The molecule has 3 rings (SSSR count). The summed E-state index contributed by atoms with van der Waals surface area (Å²) in [6.07, 6.45) is 6.68. The molecule has 0 aromatic heterocycles. The Hall–Kier alpha value is -0.120. The third-order valence-electron chi connectivity index (χ3n) is 3.87. The summed E-state index contributed by atoms with van der Waals surface area (Å²) in [6, 6.07) is 0. The van der Waals surface area contributed by atoms with Gasteiger partial charge in [0.25, 0.3) is 0 Å². The van der Waals surface area contributed by atoms with Crippen LogP contribution in [0.4, 0.5) is 0 Å². The number of rotatable bonds is 3. The first-order valence-electron chi connectivity index (χ1n) is 6.33. The molecule has 1 N–H and O–H groups in total. The van der Waals surface area contributed by atoms with Gasteiger partial charge in [-0.15, -0.1) is 0 Å². The van der Waals surface area contributed by atoms with Crippen molar-refractivity contribution in [1.82, 2.24) is 5.32 Å². The molecule has 2 unspecified atom stereocenters. The van der Waals surface area contributed by atoms with Crippen LogP contribution in [0.5, 0.6) is 0 Å². The zero-order valence-corrected chi connectivity index (χ0v) is 9.34. The minimum absolute atomic E-state index is 0.118. The van der Waals surface area contributed by atoms with Gasteiger partial charge in [0, 0.05) is 19.6 Å². The van der Waals surface area contributed by atoms with E-state index in [9.17, 15) is 0 Å². The highest BCUT2D eigenvalue weighted by atomic mass is 16.6. The van der Waals surface area contributed by atoms with Crippen LogP contribution in [0.25, 0.3) is 0 Å². The Morgan fingerprint density at radius 3 is 3.07 bits per heavy atom. The molecule has 0 aromatic carbocycles. The van der Waals surface area contributed by atoms with Gasteiger partial charge in [0.15, 0.2) is 0 Å². The van der Waals surface area contributed by atoms with E-state index in [1.165, 1.54) is 25.7 Å². The Morgan fingerprint density at radius 1 is 1.40 bits per heavy atom. The quantitative estimate of drug-likeness (QED) is 0.764. The largest absolute Gasteiger partial charge is 0.375 e. The van der Waals surface area contributed by atoms with Gasteiger partial charge in [-0.2, -0.15) is 0 Å². The molecule has 2 heterocycles. The molecule has 15 heavy (non-hydrogen) atoms. The lowest BCUT2D eigenvalue weighted by atomic mass is 9.90. The molecule has 3 heteroatoms. The Labute approximate surface area is 91.5 Å². The van der Waals surface area contributed by atoms with Gasteiger partial charge in [-0.1, -0.05) is 0 Å². The van der Waals surface area contributed by atoms with Gasteiger partial charge in [0.05, 0.1) is 18.3 Å². The Kier molecular flexibility index (Phi) is 2.71. The fraction of sp³-hybridized carbons (Fsp3) is 1.00. The lowest BCUT2D eigenvalue weighted by molar-refractivity contribution is -0.0190. The summed E-state index contributed by atoms with van der Waals surface area (Å²) in [4.78, 5) is 0. The summed E-state index contributed by atoms with van der Waals surface area (Å²) in [5, 5.41) is 3.43. The van der Waals surface area contributed by atoms with Crippen LogP contribution < -0.4 is 5.32 Å². The van der Waals surface area contributed by atoms with Gasteiger partial charge in [-0.3, -0.25) is 0 Å². The first kappa shape index (κ1) is 10.1.